The maximum atomic E-state index is 12.2. The van der Waals surface area contributed by atoms with Crippen molar-refractivity contribution in [2.45, 2.75) is 32.2 Å². The van der Waals surface area contributed by atoms with Gasteiger partial charge in [0.05, 0.1) is 12.6 Å². The van der Waals surface area contributed by atoms with Crippen molar-refractivity contribution < 1.29 is 9.59 Å². The maximum Gasteiger partial charge on any atom is 0.234 e. The van der Waals surface area contributed by atoms with Gasteiger partial charge in [-0.25, -0.2) is 0 Å². The molecule has 1 aromatic carbocycles. The first-order valence-corrected chi connectivity index (χ1v) is 6.77. The van der Waals surface area contributed by atoms with Gasteiger partial charge in [0.15, 0.2) is 5.78 Å². The summed E-state index contributed by atoms with van der Waals surface area (Å²) < 4.78 is 0. The molecule has 0 aromatic heterocycles. The second kappa shape index (κ2) is 5.97. The minimum absolute atomic E-state index is 0.0517. The molecule has 0 spiro atoms. The van der Waals surface area contributed by atoms with Crippen molar-refractivity contribution in [3.63, 3.8) is 0 Å². The summed E-state index contributed by atoms with van der Waals surface area (Å²) in [7, 11) is 0. The van der Waals surface area contributed by atoms with Crippen molar-refractivity contribution in [2.24, 2.45) is 5.73 Å². The van der Waals surface area contributed by atoms with Crippen molar-refractivity contribution in [2.75, 3.05) is 13.1 Å². The van der Waals surface area contributed by atoms with Gasteiger partial charge in [0.2, 0.25) is 5.91 Å². The number of ketones is 1. The highest BCUT2D eigenvalue weighted by atomic mass is 16.1. The van der Waals surface area contributed by atoms with Gasteiger partial charge < -0.3 is 5.73 Å². The van der Waals surface area contributed by atoms with Gasteiger partial charge in [-0.1, -0.05) is 31.2 Å². The highest BCUT2D eigenvalue weighted by Gasteiger charge is 2.30. The van der Waals surface area contributed by atoms with Crippen LogP contribution in [0.3, 0.4) is 0 Å². The van der Waals surface area contributed by atoms with Crippen molar-refractivity contribution >= 4 is 11.7 Å². The van der Waals surface area contributed by atoms with Gasteiger partial charge in [-0.15, -0.1) is 0 Å². The second-order valence-corrected chi connectivity index (χ2v) is 5.00. The summed E-state index contributed by atoms with van der Waals surface area (Å²) in [4.78, 5) is 25.3. The Morgan fingerprint density at radius 1 is 1.32 bits per heavy atom. The van der Waals surface area contributed by atoms with Crippen molar-refractivity contribution in [3.05, 3.63) is 35.4 Å². The molecule has 0 saturated carbocycles. The predicted molar refractivity (Wildman–Crippen MR) is 73.9 cm³/mol. The summed E-state index contributed by atoms with van der Waals surface area (Å²) in [5, 5.41) is 0. The van der Waals surface area contributed by atoms with Gasteiger partial charge in [-0.3, -0.25) is 14.5 Å². The fourth-order valence-electron chi connectivity index (χ4n) is 2.54. The summed E-state index contributed by atoms with van der Waals surface area (Å²) in [5.41, 5.74) is 7.27. The van der Waals surface area contributed by atoms with E-state index in [1.54, 1.807) is 0 Å². The zero-order valence-corrected chi connectivity index (χ0v) is 11.3. The van der Waals surface area contributed by atoms with E-state index in [1.807, 2.05) is 29.2 Å². The van der Waals surface area contributed by atoms with Gasteiger partial charge in [0.25, 0.3) is 0 Å². The van der Waals surface area contributed by atoms with Crippen LogP contribution in [0.4, 0.5) is 0 Å². The number of hydrogen-bond donors (Lipinski definition) is 1. The van der Waals surface area contributed by atoms with Crippen LogP contribution < -0.4 is 5.73 Å². The molecular weight excluding hydrogens is 240 g/mol. The number of aryl methyl sites for hydroxylation is 1. The topological polar surface area (TPSA) is 63.4 Å². The van der Waals surface area contributed by atoms with Crippen LogP contribution in [0.15, 0.2) is 24.3 Å². The highest BCUT2D eigenvalue weighted by Crippen LogP contribution is 2.17. The molecule has 2 rings (SSSR count). The fraction of sp³-hybridized carbons (Fsp3) is 0.467. The van der Waals surface area contributed by atoms with Crippen molar-refractivity contribution in [3.8, 4) is 0 Å². The fourth-order valence-corrected chi connectivity index (χ4v) is 2.54. The standard InChI is InChI=1S/C15H20N2O2/c1-2-11-5-7-12(8-6-11)14(18)10-17-9-3-4-13(17)15(16)19/h5-8,13H,2-4,9-10H2,1H3,(H2,16,19). The molecule has 1 aliphatic heterocycles. The third-order valence-electron chi connectivity index (χ3n) is 3.72. The number of likely N-dealkylation sites (tertiary alicyclic amines) is 1. The van der Waals surface area contributed by atoms with Crippen LogP contribution in [0.2, 0.25) is 0 Å². The molecule has 1 amide bonds. The van der Waals surface area contributed by atoms with Crippen LogP contribution >= 0.6 is 0 Å². The quantitative estimate of drug-likeness (QED) is 0.814. The van der Waals surface area contributed by atoms with E-state index in [0.29, 0.717) is 5.56 Å². The molecule has 1 saturated heterocycles. The number of nitrogens with two attached hydrogens (primary N) is 1. The smallest absolute Gasteiger partial charge is 0.234 e. The number of nitrogens with zero attached hydrogens (tertiary/aromatic N) is 1. The number of benzene rings is 1. The second-order valence-electron chi connectivity index (χ2n) is 5.00. The first kappa shape index (κ1) is 13.7. The molecule has 0 bridgehead atoms. The van der Waals surface area contributed by atoms with E-state index < -0.39 is 0 Å². The van der Waals surface area contributed by atoms with Crippen molar-refractivity contribution in [1.29, 1.82) is 0 Å². The summed E-state index contributed by atoms with van der Waals surface area (Å²) in [6.07, 6.45) is 2.65. The molecule has 1 fully saturated rings. The molecular formula is C15H20N2O2. The zero-order valence-electron chi connectivity index (χ0n) is 11.3. The Kier molecular flexibility index (Phi) is 4.32. The predicted octanol–water partition coefficient (Wildman–Crippen LogP) is 1.38. The molecule has 4 heteroatoms. The summed E-state index contributed by atoms with van der Waals surface area (Å²) in [5.74, 6) is -0.276. The van der Waals surface area contributed by atoms with Gasteiger partial charge in [-0.05, 0) is 31.4 Å². The number of carbonyl (C=O) groups excluding carboxylic acids is 2. The molecule has 0 aliphatic carbocycles. The molecule has 0 radical (unpaired) electrons. The average Bonchev–Trinajstić information content (AvgIpc) is 2.87. The van der Waals surface area contributed by atoms with E-state index in [0.717, 1.165) is 25.8 Å². The molecule has 19 heavy (non-hydrogen) atoms. The Balaban J connectivity index is 2.01. The molecule has 1 heterocycles. The van der Waals surface area contributed by atoms with Crippen LogP contribution in [-0.4, -0.2) is 35.7 Å². The Labute approximate surface area is 113 Å². The van der Waals surface area contributed by atoms with Crippen LogP contribution in [0, 0.1) is 0 Å². The van der Waals surface area contributed by atoms with E-state index in [9.17, 15) is 9.59 Å². The van der Waals surface area contributed by atoms with Crippen LogP contribution in [0.5, 0.6) is 0 Å². The molecule has 1 aromatic rings. The van der Waals surface area contributed by atoms with Gasteiger partial charge in [0, 0.05) is 5.56 Å². The molecule has 1 aliphatic rings. The number of carbonyl (C=O) groups is 2. The monoisotopic (exact) mass is 260 g/mol. The highest BCUT2D eigenvalue weighted by molar-refractivity contribution is 5.98. The third-order valence-corrected chi connectivity index (χ3v) is 3.72. The van der Waals surface area contributed by atoms with Gasteiger partial charge >= 0.3 is 0 Å². The summed E-state index contributed by atoms with van der Waals surface area (Å²) in [6, 6.07) is 7.39. The lowest BCUT2D eigenvalue weighted by atomic mass is 10.1. The van der Waals surface area contributed by atoms with Gasteiger partial charge in [-0.2, -0.15) is 0 Å². The minimum Gasteiger partial charge on any atom is -0.368 e. The average molecular weight is 260 g/mol. The normalized spacial score (nSPS) is 19.5. The molecule has 2 N–H and O–H groups in total. The summed E-state index contributed by atoms with van der Waals surface area (Å²) in [6.45, 7) is 3.13. The minimum atomic E-state index is -0.327. The van der Waals surface area contributed by atoms with Crippen LogP contribution in [0.25, 0.3) is 0 Å². The Hall–Kier alpha value is -1.68. The number of primary amides is 1. The Morgan fingerprint density at radius 3 is 2.58 bits per heavy atom. The van der Waals surface area contributed by atoms with Crippen molar-refractivity contribution in [1.82, 2.24) is 4.90 Å². The first-order valence-electron chi connectivity index (χ1n) is 6.77. The van der Waals surface area contributed by atoms with Crippen LogP contribution in [-0.2, 0) is 11.2 Å². The molecule has 1 atom stereocenters. The summed E-state index contributed by atoms with van der Waals surface area (Å²) >= 11 is 0. The Morgan fingerprint density at radius 2 is 2.00 bits per heavy atom. The van der Waals surface area contributed by atoms with E-state index >= 15 is 0 Å². The first-order chi connectivity index (χ1) is 9.11. The maximum absolute atomic E-state index is 12.2. The lowest BCUT2D eigenvalue weighted by Gasteiger charge is -2.20. The number of rotatable bonds is 5. The zero-order chi connectivity index (χ0) is 13.8. The largest absolute Gasteiger partial charge is 0.368 e. The lowest BCUT2D eigenvalue weighted by Crippen LogP contribution is -2.42. The van der Waals surface area contributed by atoms with E-state index in [1.165, 1.54) is 5.56 Å². The number of Topliss-reactive ketones (excluding diaryl/α,β-unsaturated/α-hetero) is 1. The van der Waals surface area contributed by atoms with E-state index in [-0.39, 0.29) is 24.3 Å². The lowest BCUT2D eigenvalue weighted by molar-refractivity contribution is -0.122. The van der Waals surface area contributed by atoms with E-state index in [2.05, 4.69) is 6.92 Å². The van der Waals surface area contributed by atoms with E-state index in [4.69, 9.17) is 5.73 Å². The molecule has 4 nitrogen and oxygen atoms in total. The Bertz CT molecular complexity index is 468. The van der Waals surface area contributed by atoms with Gasteiger partial charge in [0.1, 0.15) is 0 Å². The number of amides is 1. The third kappa shape index (κ3) is 3.20. The SMILES string of the molecule is CCc1ccc(C(=O)CN2CCCC2C(N)=O)cc1. The van der Waals surface area contributed by atoms with Crippen LogP contribution in [0.1, 0.15) is 35.7 Å². The molecule has 1 unspecified atom stereocenters. The number of hydrogen-bond acceptors (Lipinski definition) is 3. The molecule has 102 valence electrons.